The van der Waals surface area contributed by atoms with Crippen LogP contribution in [0.1, 0.15) is 18.9 Å². The van der Waals surface area contributed by atoms with Crippen molar-refractivity contribution in [3.63, 3.8) is 0 Å². The van der Waals surface area contributed by atoms with Gasteiger partial charge in [0.15, 0.2) is 11.6 Å². The molecule has 0 fully saturated rings. The van der Waals surface area contributed by atoms with Gasteiger partial charge in [-0.15, -0.1) is 0 Å². The molecule has 0 saturated heterocycles. The van der Waals surface area contributed by atoms with Crippen LogP contribution in [0.5, 0.6) is 11.5 Å². The molecule has 0 amide bonds. The van der Waals surface area contributed by atoms with Gasteiger partial charge in [0, 0.05) is 12.1 Å². The molecule has 0 spiro atoms. The maximum Gasteiger partial charge on any atom is 0.166 e. The Hall–Kier alpha value is -1.29. The quantitative estimate of drug-likeness (QED) is 0.818. The summed E-state index contributed by atoms with van der Waals surface area (Å²) >= 11 is 11.8. The first-order valence-electron chi connectivity index (χ1n) is 6.67. The Morgan fingerprint density at radius 3 is 2.62 bits per heavy atom. The second-order valence-corrected chi connectivity index (χ2v) is 5.59. The van der Waals surface area contributed by atoms with E-state index in [-0.39, 0.29) is 11.8 Å². The molecule has 1 unspecified atom stereocenters. The van der Waals surface area contributed by atoms with Crippen molar-refractivity contribution in [1.29, 1.82) is 0 Å². The van der Waals surface area contributed by atoms with Crippen molar-refractivity contribution in [2.24, 2.45) is 5.73 Å². The first-order chi connectivity index (χ1) is 10.0. The first-order valence-corrected chi connectivity index (χ1v) is 7.42. The van der Waals surface area contributed by atoms with Crippen LogP contribution >= 0.6 is 23.2 Å². The maximum atomic E-state index is 14.0. The lowest BCUT2D eigenvalue weighted by atomic mass is 10.0. The fourth-order valence-electron chi connectivity index (χ4n) is 1.91. The fourth-order valence-corrected chi connectivity index (χ4v) is 2.20. The van der Waals surface area contributed by atoms with Gasteiger partial charge in [0.25, 0.3) is 0 Å². The lowest BCUT2D eigenvalue weighted by Gasteiger charge is -2.15. The van der Waals surface area contributed by atoms with Crippen LogP contribution in [-0.2, 0) is 6.42 Å². The SMILES string of the molecule is CCC(N)Cc1cccc(F)c1Oc1ccc(Cl)c(Cl)c1. The molecular weight excluding hydrogens is 312 g/mol. The van der Waals surface area contributed by atoms with Crippen LogP contribution in [0.3, 0.4) is 0 Å². The Balaban J connectivity index is 2.31. The predicted molar refractivity (Wildman–Crippen MR) is 84.9 cm³/mol. The molecule has 1 atom stereocenters. The molecule has 0 aliphatic carbocycles. The summed E-state index contributed by atoms with van der Waals surface area (Å²) < 4.78 is 19.7. The van der Waals surface area contributed by atoms with E-state index in [1.807, 2.05) is 13.0 Å². The van der Waals surface area contributed by atoms with E-state index < -0.39 is 5.82 Å². The van der Waals surface area contributed by atoms with Crippen molar-refractivity contribution in [3.05, 3.63) is 57.8 Å². The number of nitrogens with two attached hydrogens (primary N) is 1. The van der Waals surface area contributed by atoms with E-state index in [4.69, 9.17) is 33.7 Å². The Bertz CT molecular complexity index is 634. The Morgan fingerprint density at radius 1 is 1.19 bits per heavy atom. The molecule has 0 saturated carbocycles. The Morgan fingerprint density at radius 2 is 1.95 bits per heavy atom. The van der Waals surface area contributed by atoms with Gasteiger partial charge in [-0.3, -0.25) is 0 Å². The number of ether oxygens (including phenoxy) is 1. The van der Waals surface area contributed by atoms with Gasteiger partial charge >= 0.3 is 0 Å². The van der Waals surface area contributed by atoms with E-state index >= 15 is 0 Å². The third-order valence-corrected chi connectivity index (χ3v) is 3.91. The molecule has 2 aromatic carbocycles. The fraction of sp³-hybridized carbons (Fsp3) is 0.250. The van der Waals surface area contributed by atoms with Crippen LogP contribution in [0, 0.1) is 5.82 Å². The second-order valence-electron chi connectivity index (χ2n) is 4.78. The molecule has 2 rings (SSSR count). The summed E-state index contributed by atoms with van der Waals surface area (Å²) in [5, 5.41) is 0.781. The lowest BCUT2D eigenvalue weighted by molar-refractivity contribution is 0.433. The average molecular weight is 328 g/mol. The third-order valence-electron chi connectivity index (χ3n) is 3.17. The zero-order valence-electron chi connectivity index (χ0n) is 11.6. The highest BCUT2D eigenvalue weighted by Crippen LogP contribution is 2.33. The van der Waals surface area contributed by atoms with Gasteiger partial charge < -0.3 is 10.5 Å². The minimum Gasteiger partial charge on any atom is -0.454 e. The Labute approximate surface area is 133 Å². The molecule has 2 nitrogen and oxygen atoms in total. The molecule has 0 radical (unpaired) electrons. The summed E-state index contributed by atoms with van der Waals surface area (Å²) in [4.78, 5) is 0. The highest BCUT2D eigenvalue weighted by Gasteiger charge is 2.14. The molecule has 0 bridgehead atoms. The molecule has 5 heteroatoms. The van der Waals surface area contributed by atoms with Crippen molar-refractivity contribution in [2.45, 2.75) is 25.8 Å². The summed E-state index contributed by atoms with van der Waals surface area (Å²) in [7, 11) is 0. The Kier molecular flexibility index (Phi) is 5.45. The molecule has 2 aromatic rings. The minimum absolute atomic E-state index is 0.0389. The third kappa shape index (κ3) is 4.10. The van der Waals surface area contributed by atoms with Crippen LogP contribution in [-0.4, -0.2) is 6.04 Å². The zero-order chi connectivity index (χ0) is 15.4. The lowest BCUT2D eigenvalue weighted by Crippen LogP contribution is -2.21. The van der Waals surface area contributed by atoms with E-state index in [2.05, 4.69) is 0 Å². The summed E-state index contributed by atoms with van der Waals surface area (Å²) in [6.45, 7) is 1.99. The van der Waals surface area contributed by atoms with Gasteiger partial charge in [-0.1, -0.05) is 42.3 Å². The molecule has 0 aliphatic heterocycles. The van der Waals surface area contributed by atoms with E-state index in [9.17, 15) is 4.39 Å². The second kappa shape index (κ2) is 7.12. The molecular formula is C16H16Cl2FNO. The molecule has 0 heterocycles. The number of benzene rings is 2. The van der Waals surface area contributed by atoms with Gasteiger partial charge in [0.2, 0.25) is 0 Å². The molecule has 0 aromatic heterocycles. The molecule has 112 valence electrons. The predicted octanol–water partition coefficient (Wildman–Crippen LogP) is 5.20. The first kappa shape index (κ1) is 16.1. The molecule has 0 aliphatic rings. The van der Waals surface area contributed by atoms with E-state index in [1.165, 1.54) is 6.07 Å². The van der Waals surface area contributed by atoms with Crippen LogP contribution in [0.25, 0.3) is 0 Å². The van der Waals surface area contributed by atoms with Crippen LogP contribution < -0.4 is 10.5 Å². The molecule has 21 heavy (non-hydrogen) atoms. The summed E-state index contributed by atoms with van der Waals surface area (Å²) in [5.41, 5.74) is 6.68. The summed E-state index contributed by atoms with van der Waals surface area (Å²) in [6, 6.07) is 9.58. The monoisotopic (exact) mass is 327 g/mol. The maximum absolute atomic E-state index is 14.0. The zero-order valence-corrected chi connectivity index (χ0v) is 13.1. The van der Waals surface area contributed by atoms with Crippen molar-refractivity contribution >= 4 is 23.2 Å². The minimum atomic E-state index is -0.429. The summed E-state index contributed by atoms with van der Waals surface area (Å²) in [5.74, 6) is 0.183. The number of para-hydroxylation sites is 1. The smallest absolute Gasteiger partial charge is 0.166 e. The van der Waals surface area contributed by atoms with Crippen LogP contribution in [0.4, 0.5) is 4.39 Å². The number of rotatable bonds is 5. The number of hydrogen-bond acceptors (Lipinski definition) is 2. The highest BCUT2D eigenvalue weighted by atomic mass is 35.5. The number of hydrogen-bond donors (Lipinski definition) is 1. The van der Waals surface area contributed by atoms with Crippen LogP contribution in [0.15, 0.2) is 36.4 Å². The largest absolute Gasteiger partial charge is 0.454 e. The van der Waals surface area contributed by atoms with Gasteiger partial charge in [-0.2, -0.15) is 0 Å². The van der Waals surface area contributed by atoms with Crippen molar-refractivity contribution in [1.82, 2.24) is 0 Å². The highest BCUT2D eigenvalue weighted by molar-refractivity contribution is 6.42. The van der Waals surface area contributed by atoms with Gasteiger partial charge in [-0.05, 0) is 36.6 Å². The number of halogens is 3. The van der Waals surface area contributed by atoms with Gasteiger partial charge in [0.1, 0.15) is 5.75 Å². The normalized spacial score (nSPS) is 12.2. The van der Waals surface area contributed by atoms with Gasteiger partial charge in [0.05, 0.1) is 10.0 Å². The van der Waals surface area contributed by atoms with E-state index in [0.717, 1.165) is 12.0 Å². The van der Waals surface area contributed by atoms with Crippen molar-refractivity contribution in [3.8, 4) is 11.5 Å². The summed E-state index contributed by atoms with van der Waals surface area (Å²) in [6.07, 6.45) is 1.35. The van der Waals surface area contributed by atoms with Crippen molar-refractivity contribution < 1.29 is 9.13 Å². The standard InChI is InChI=1S/C16H16Cl2FNO/c1-2-11(20)8-10-4-3-5-15(19)16(10)21-12-6-7-13(17)14(18)9-12/h3-7,9,11H,2,8,20H2,1H3. The molecule has 2 N–H and O–H groups in total. The van der Waals surface area contributed by atoms with Gasteiger partial charge in [-0.25, -0.2) is 4.39 Å². The van der Waals surface area contributed by atoms with E-state index in [0.29, 0.717) is 22.2 Å². The average Bonchev–Trinajstić information content (AvgIpc) is 2.46. The van der Waals surface area contributed by atoms with E-state index in [1.54, 1.807) is 24.3 Å². The van der Waals surface area contributed by atoms with Crippen molar-refractivity contribution in [2.75, 3.05) is 0 Å². The topological polar surface area (TPSA) is 35.2 Å². The van der Waals surface area contributed by atoms with Crippen LogP contribution in [0.2, 0.25) is 10.0 Å².